The first-order valence-electron chi connectivity index (χ1n) is 8.06. The Morgan fingerprint density at radius 3 is 2.71 bits per heavy atom. The van der Waals surface area contributed by atoms with Crippen LogP contribution >= 0.6 is 11.6 Å². The van der Waals surface area contributed by atoms with Crippen molar-refractivity contribution in [2.45, 2.75) is 13.1 Å². The summed E-state index contributed by atoms with van der Waals surface area (Å²) < 4.78 is 5.39. The summed E-state index contributed by atoms with van der Waals surface area (Å²) in [4.78, 5) is 2.41. The van der Waals surface area contributed by atoms with Crippen LogP contribution in [0.5, 0.6) is 0 Å². The molecule has 1 aliphatic rings. The summed E-state index contributed by atoms with van der Waals surface area (Å²) in [6, 6.07) is 16.0. The van der Waals surface area contributed by atoms with Crippen LogP contribution < -0.4 is 5.32 Å². The quantitative estimate of drug-likeness (QED) is 0.901. The third-order valence-electron chi connectivity index (χ3n) is 4.09. The molecule has 1 N–H and O–H groups in total. The Morgan fingerprint density at radius 1 is 1.12 bits per heavy atom. The SMILES string of the molecule is N#Cc1cc(Cl)ccc1NCc1cccc(CN2CCOCC2)c1. The number of morpholine rings is 1. The van der Waals surface area contributed by atoms with Gasteiger partial charge in [0.25, 0.3) is 0 Å². The Bertz CT molecular complexity index is 736. The third-order valence-corrected chi connectivity index (χ3v) is 4.32. The molecule has 1 saturated heterocycles. The van der Waals surface area contributed by atoms with E-state index in [9.17, 15) is 5.26 Å². The fourth-order valence-corrected chi connectivity index (χ4v) is 2.99. The first-order chi connectivity index (χ1) is 11.7. The number of ether oxygens (including phenoxy) is 1. The monoisotopic (exact) mass is 341 g/mol. The molecule has 3 rings (SSSR count). The normalized spacial score (nSPS) is 15.0. The zero-order chi connectivity index (χ0) is 16.8. The Kier molecular flexibility index (Phi) is 5.71. The van der Waals surface area contributed by atoms with Crippen LogP contribution in [0.15, 0.2) is 42.5 Å². The van der Waals surface area contributed by atoms with Gasteiger partial charge in [0.1, 0.15) is 6.07 Å². The number of hydrogen-bond acceptors (Lipinski definition) is 4. The van der Waals surface area contributed by atoms with Crippen LogP contribution in [0.2, 0.25) is 5.02 Å². The number of halogens is 1. The second-order valence-electron chi connectivity index (χ2n) is 5.86. The fourth-order valence-electron chi connectivity index (χ4n) is 2.82. The van der Waals surface area contributed by atoms with E-state index in [2.05, 4.69) is 40.6 Å². The molecular formula is C19H20ClN3O. The lowest BCUT2D eigenvalue weighted by Crippen LogP contribution is -2.35. The minimum atomic E-state index is 0.562. The van der Waals surface area contributed by atoms with Crippen LogP contribution in [0, 0.1) is 11.3 Å². The van der Waals surface area contributed by atoms with Gasteiger partial charge in [-0.3, -0.25) is 4.90 Å². The summed E-state index contributed by atoms with van der Waals surface area (Å²) in [6.45, 7) is 5.22. The molecule has 24 heavy (non-hydrogen) atoms. The van der Waals surface area contributed by atoms with Gasteiger partial charge in [0, 0.05) is 31.2 Å². The highest BCUT2D eigenvalue weighted by Crippen LogP contribution is 2.20. The maximum atomic E-state index is 9.20. The molecule has 1 aliphatic heterocycles. The Balaban J connectivity index is 1.63. The molecule has 2 aromatic carbocycles. The highest BCUT2D eigenvalue weighted by Gasteiger charge is 2.10. The van der Waals surface area contributed by atoms with E-state index in [0.717, 1.165) is 38.5 Å². The van der Waals surface area contributed by atoms with Gasteiger partial charge in [-0.2, -0.15) is 5.26 Å². The van der Waals surface area contributed by atoms with Crippen LogP contribution in [0.1, 0.15) is 16.7 Å². The molecule has 0 atom stereocenters. The number of nitriles is 1. The van der Waals surface area contributed by atoms with Gasteiger partial charge in [-0.05, 0) is 29.3 Å². The van der Waals surface area contributed by atoms with Gasteiger partial charge < -0.3 is 10.1 Å². The average Bonchev–Trinajstić information content (AvgIpc) is 2.62. The van der Waals surface area contributed by atoms with Crippen LogP contribution in [0.4, 0.5) is 5.69 Å². The molecular weight excluding hydrogens is 322 g/mol. The Labute approximate surface area is 147 Å². The lowest BCUT2D eigenvalue weighted by atomic mass is 10.1. The summed E-state index contributed by atoms with van der Waals surface area (Å²) in [6.07, 6.45) is 0. The predicted octanol–water partition coefficient (Wildman–Crippen LogP) is 3.66. The summed E-state index contributed by atoms with van der Waals surface area (Å²) in [5.74, 6) is 0. The third kappa shape index (κ3) is 4.48. The number of nitrogens with one attached hydrogen (secondary N) is 1. The van der Waals surface area contributed by atoms with E-state index in [1.165, 1.54) is 11.1 Å². The molecule has 5 heteroatoms. The standard InChI is InChI=1S/C19H20ClN3O/c20-18-4-5-19(17(11-18)12-21)22-13-15-2-1-3-16(10-15)14-23-6-8-24-9-7-23/h1-5,10-11,22H,6-9,13-14H2. The lowest BCUT2D eigenvalue weighted by Gasteiger charge is -2.26. The summed E-state index contributed by atoms with van der Waals surface area (Å²) >= 11 is 5.93. The van der Waals surface area contributed by atoms with Crippen LogP contribution in [0.3, 0.4) is 0 Å². The van der Waals surface area contributed by atoms with E-state index in [4.69, 9.17) is 16.3 Å². The van der Waals surface area contributed by atoms with Gasteiger partial charge in [0.2, 0.25) is 0 Å². The van der Waals surface area contributed by atoms with Gasteiger partial charge in [-0.25, -0.2) is 0 Å². The molecule has 0 aromatic heterocycles. The summed E-state index contributed by atoms with van der Waals surface area (Å²) in [5.41, 5.74) is 3.86. The van der Waals surface area contributed by atoms with Gasteiger partial charge in [0.05, 0.1) is 24.5 Å². The highest BCUT2D eigenvalue weighted by atomic mass is 35.5. The average molecular weight is 342 g/mol. The fraction of sp³-hybridized carbons (Fsp3) is 0.316. The number of rotatable bonds is 5. The molecule has 4 nitrogen and oxygen atoms in total. The molecule has 1 heterocycles. The van der Waals surface area contributed by atoms with Crippen molar-refractivity contribution in [2.75, 3.05) is 31.6 Å². The van der Waals surface area contributed by atoms with E-state index in [1.54, 1.807) is 12.1 Å². The van der Waals surface area contributed by atoms with Gasteiger partial charge in [0.15, 0.2) is 0 Å². The lowest BCUT2D eigenvalue weighted by molar-refractivity contribution is 0.0342. The number of hydrogen-bond donors (Lipinski definition) is 1. The minimum Gasteiger partial charge on any atom is -0.380 e. The molecule has 0 unspecified atom stereocenters. The molecule has 0 spiro atoms. The maximum absolute atomic E-state index is 9.20. The summed E-state index contributed by atoms with van der Waals surface area (Å²) in [7, 11) is 0. The molecule has 0 amide bonds. The van der Waals surface area contributed by atoms with Crippen molar-refractivity contribution in [1.82, 2.24) is 4.90 Å². The predicted molar refractivity (Wildman–Crippen MR) is 96.0 cm³/mol. The van der Waals surface area contributed by atoms with Crippen molar-refractivity contribution in [3.8, 4) is 6.07 Å². The zero-order valence-electron chi connectivity index (χ0n) is 13.5. The van der Waals surface area contributed by atoms with E-state index in [0.29, 0.717) is 17.1 Å². The smallest absolute Gasteiger partial charge is 0.101 e. The molecule has 0 aliphatic carbocycles. The molecule has 1 fully saturated rings. The maximum Gasteiger partial charge on any atom is 0.101 e. The molecule has 0 saturated carbocycles. The molecule has 0 bridgehead atoms. The number of benzene rings is 2. The largest absolute Gasteiger partial charge is 0.380 e. The topological polar surface area (TPSA) is 48.3 Å². The highest BCUT2D eigenvalue weighted by molar-refractivity contribution is 6.30. The van der Waals surface area contributed by atoms with Gasteiger partial charge in [-0.1, -0.05) is 35.9 Å². The van der Waals surface area contributed by atoms with Crippen molar-refractivity contribution >= 4 is 17.3 Å². The van der Waals surface area contributed by atoms with Gasteiger partial charge >= 0.3 is 0 Å². The van der Waals surface area contributed by atoms with Crippen LogP contribution in [0.25, 0.3) is 0 Å². The Hall–Kier alpha value is -2.06. The number of anilines is 1. The molecule has 2 aromatic rings. The first-order valence-corrected chi connectivity index (χ1v) is 8.44. The second-order valence-corrected chi connectivity index (χ2v) is 6.30. The van der Waals surface area contributed by atoms with E-state index in [-0.39, 0.29) is 0 Å². The van der Waals surface area contributed by atoms with Crippen molar-refractivity contribution in [2.24, 2.45) is 0 Å². The van der Waals surface area contributed by atoms with E-state index < -0.39 is 0 Å². The van der Waals surface area contributed by atoms with E-state index in [1.807, 2.05) is 6.07 Å². The first kappa shape index (κ1) is 16.8. The zero-order valence-corrected chi connectivity index (χ0v) is 14.2. The van der Waals surface area contributed by atoms with E-state index >= 15 is 0 Å². The second kappa shape index (κ2) is 8.16. The Morgan fingerprint density at radius 2 is 1.92 bits per heavy atom. The van der Waals surface area contributed by atoms with Gasteiger partial charge in [-0.15, -0.1) is 0 Å². The number of nitrogens with zero attached hydrogens (tertiary/aromatic N) is 2. The molecule has 0 radical (unpaired) electrons. The van der Waals surface area contributed by atoms with Crippen molar-refractivity contribution in [3.63, 3.8) is 0 Å². The van der Waals surface area contributed by atoms with Crippen molar-refractivity contribution in [1.29, 1.82) is 5.26 Å². The summed E-state index contributed by atoms with van der Waals surface area (Å²) in [5, 5.41) is 13.1. The van der Waals surface area contributed by atoms with Crippen LogP contribution in [-0.4, -0.2) is 31.2 Å². The minimum absolute atomic E-state index is 0.562. The van der Waals surface area contributed by atoms with Crippen molar-refractivity contribution in [3.05, 3.63) is 64.2 Å². The van der Waals surface area contributed by atoms with Crippen molar-refractivity contribution < 1.29 is 4.74 Å². The molecule has 124 valence electrons. The van der Waals surface area contributed by atoms with Crippen LogP contribution in [-0.2, 0) is 17.8 Å².